The molecule has 1 aromatic heterocycles. The maximum atomic E-state index is 13.2. The molecule has 154 valence electrons. The van der Waals surface area contributed by atoms with E-state index < -0.39 is 0 Å². The van der Waals surface area contributed by atoms with Crippen LogP contribution in [0, 0.1) is 11.7 Å². The van der Waals surface area contributed by atoms with Crippen LogP contribution in [0.5, 0.6) is 0 Å². The number of hydrogen-bond acceptors (Lipinski definition) is 2. The molecule has 4 aromatic rings. The molecule has 0 unspecified atom stereocenters. The van der Waals surface area contributed by atoms with Crippen molar-refractivity contribution in [3.63, 3.8) is 0 Å². The van der Waals surface area contributed by atoms with Crippen molar-refractivity contribution < 1.29 is 9.18 Å². The number of carbonyl (C=O) groups excluding carboxylic acids is 1. The second-order valence-electron chi connectivity index (χ2n) is 7.95. The van der Waals surface area contributed by atoms with E-state index in [9.17, 15) is 9.18 Å². The normalized spacial score (nSPS) is 17.8. The maximum absolute atomic E-state index is 13.2. The van der Waals surface area contributed by atoms with E-state index in [1.54, 1.807) is 18.3 Å². The van der Waals surface area contributed by atoms with Crippen LogP contribution in [0.4, 0.5) is 4.39 Å². The van der Waals surface area contributed by atoms with E-state index in [2.05, 4.69) is 27.2 Å². The van der Waals surface area contributed by atoms with Gasteiger partial charge in [-0.15, -0.1) is 0 Å². The average molecular weight is 411 g/mol. The summed E-state index contributed by atoms with van der Waals surface area (Å²) >= 11 is 0. The lowest BCUT2D eigenvalue weighted by Gasteiger charge is -2.05. The van der Waals surface area contributed by atoms with Crippen LogP contribution < -0.4 is 5.43 Å². The van der Waals surface area contributed by atoms with E-state index in [-0.39, 0.29) is 23.6 Å². The summed E-state index contributed by atoms with van der Waals surface area (Å²) in [5, 5.41) is 5.28. The molecule has 0 spiro atoms. The minimum atomic E-state index is -0.241. The zero-order valence-corrected chi connectivity index (χ0v) is 16.9. The Balaban J connectivity index is 1.29. The standard InChI is InChI=1S/C26H22FN3O/c27-21-12-10-18(11-13-21)16-30-17-20(22-8-4-5-9-25(22)30)15-28-29-26(31)24-14-23(24)19-6-2-1-3-7-19/h1-13,15,17,23-24H,14,16H2,(H,29,31)/b28-15+/t23-,24+/m0/s1. The molecule has 1 heterocycles. The number of hydrazone groups is 1. The van der Waals surface area contributed by atoms with Crippen molar-refractivity contribution in [1.82, 2.24) is 9.99 Å². The molecule has 5 heteroatoms. The summed E-state index contributed by atoms with van der Waals surface area (Å²) in [6.07, 6.45) is 4.57. The summed E-state index contributed by atoms with van der Waals surface area (Å²) in [7, 11) is 0. The predicted molar refractivity (Wildman–Crippen MR) is 120 cm³/mol. The van der Waals surface area contributed by atoms with E-state index >= 15 is 0 Å². The van der Waals surface area contributed by atoms with Crippen molar-refractivity contribution in [3.8, 4) is 0 Å². The number of aromatic nitrogens is 1. The highest BCUT2D eigenvalue weighted by Crippen LogP contribution is 2.47. The fraction of sp³-hybridized carbons (Fsp3) is 0.154. The monoisotopic (exact) mass is 411 g/mol. The first-order chi connectivity index (χ1) is 15.2. The van der Waals surface area contributed by atoms with Crippen LogP contribution in [0.15, 0.2) is 90.2 Å². The lowest BCUT2D eigenvalue weighted by molar-refractivity contribution is -0.122. The van der Waals surface area contributed by atoms with Gasteiger partial charge < -0.3 is 4.57 Å². The smallest absolute Gasteiger partial charge is 0.243 e. The number of nitrogens with zero attached hydrogens (tertiary/aromatic N) is 2. The molecule has 5 rings (SSSR count). The molecule has 4 nitrogen and oxygen atoms in total. The van der Waals surface area contributed by atoms with Crippen LogP contribution >= 0.6 is 0 Å². The molecule has 0 radical (unpaired) electrons. The quantitative estimate of drug-likeness (QED) is 0.349. The van der Waals surface area contributed by atoms with Crippen molar-refractivity contribution in [2.45, 2.75) is 18.9 Å². The second-order valence-corrected chi connectivity index (χ2v) is 7.95. The summed E-state index contributed by atoms with van der Waals surface area (Å²) in [6.45, 7) is 0.627. The van der Waals surface area contributed by atoms with Gasteiger partial charge in [-0.1, -0.05) is 60.7 Å². The summed E-state index contributed by atoms with van der Waals surface area (Å²) < 4.78 is 15.3. The molecule has 0 saturated heterocycles. The van der Waals surface area contributed by atoms with Gasteiger partial charge in [-0.25, -0.2) is 9.82 Å². The molecule has 0 aliphatic heterocycles. The molecule has 1 aliphatic carbocycles. The molecule has 31 heavy (non-hydrogen) atoms. The van der Waals surface area contributed by atoms with Crippen molar-refractivity contribution in [3.05, 3.63) is 108 Å². The van der Waals surface area contributed by atoms with Gasteiger partial charge in [0.15, 0.2) is 0 Å². The Kier molecular flexibility index (Phi) is 5.08. The lowest BCUT2D eigenvalue weighted by atomic mass is 10.1. The number of para-hydroxylation sites is 1. The predicted octanol–water partition coefficient (Wildman–Crippen LogP) is 5.08. The Hall–Kier alpha value is -3.73. The molecule has 1 saturated carbocycles. The number of nitrogens with one attached hydrogen (secondary N) is 1. The van der Waals surface area contributed by atoms with Gasteiger partial charge in [-0.05, 0) is 41.7 Å². The Bertz CT molecular complexity index is 1240. The van der Waals surface area contributed by atoms with Gasteiger partial charge in [0.1, 0.15) is 5.82 Å². The Morgan fingerprint density at radius 3 is 2.58 bits per heavy atom. The van der Waals surface area contributed by atoms with E-state index in [0.29, 0.717) is 6.54 Å². The molecule has 0 bridgehead atoms. The van der Waals surface area contributed by atoms with Crippen molar-refractivity contribution in [2.75, 3.05) is 0 Å². The lowest BCUT2D eigenvalue weighted by Crippen LogP contribution is -2.20. The number of carbonyl (C=O) groups is 1. The van der Waals surface area contributed by atoms with Crippen molar-refractivity contribution >= 4 is 23.0 Å². The van der Waals surface area contributed by atoms with Crippen LogP contribution in [0.3, 0.4) is 0 Å². The number of amides is 1. The largest absolute Gasteiger partial charge is 0.342 e. The van der Waals surface area contributed by atoms with Gasteiger partial charge in [0.2, 0.25) is 5.91 Å². The average Bonchev–Trinajstić information content (AvgIpc) is 3.54. The van der Waals surface area contributed by atoms with Gasteiger partial charge in [-0.2, -0.15) is 5.10 Å². The first kappa shape index (κ1) is 19.2. The Morgan fingerprint density at radius 1 is 1.03 bits per heavy atom. The third-order valence-electron chi connectivity index (χ3n) is 5.82. The van der Waals surface area contributed by atoms with Crippen LogP contribution in [0.1, 0.15) is 29.0 Å². The fourth-order valence-electron chi connectivity index (χ4n) is 4.10. The van der Waals surface area contributed by atoms with E-state index in [1.165, 1.54) is 17.7 Å². The van der Waals surface area contributed by atoms with Crippen LogP contribution in [-0.4, -0.2) is 16.7 Å². The zero-order chi connectivity index (χ0) is 21.2. The van der Waals surface area contributed by atoms with Gasteiger partial charge in [0.05, 0.1) is 6.21 Å². The van der Waals surface area contributed by atoms with Crippen molar-refractivity contribution in [1.29, 1.82) is 0 Å². The fourth-order valence-corrected chi connectivity index (χ4v) is 4.10. The molecule has 1 aliphatic rings. The second kappa shape index (κ2) is 8.19. The highest BCUT2D eigenvalue weighted by atomic mass is 19.1. The first-order valence-corrected chi connectivity index (χ1v) is 10.4. The van der Waals surface area contributed by atoms with Crippen LogP contribution in [0.25, 0.3) is 10.9 Å². The molecule has 1 fully saturated rings. The molecule has 1 N–H and O–H groups in total. The minimum Gasteiger partial charge on any atom is -0.342 e. The van der Waals surface area contributed by atoms with Gasteiger partial charge in [0, 0.05) is 35.1 Å². The number of hydrogen-bond donors (Lipinski definition) is 1. The SMILES string of the molecule is O=C(N/N=C/c1cn(Cc2ccc(F)cc2)c2ccccc12)[C@@H]1C[C@H]1c1ccccc1. The number of benzene rings is 3. The molecular formula is C26H22FN3O. The summed E-state index contributed by atoms with van der Waals surface area (Å²) in [5.74, 6) is -0.0108. The summed E-state index contributed by atoms with van der Waals surface area (Å²) in [5.41, 5.74) is 6.91. The first-order valence-electron chi connectivity index (χ1n) is 10.4. The highest BCUT2D eigenvalue weighted by Gasteiger charge is 2.43. The Morgan fingerprint density at radius 2 is 1.77 bits per heavy atom. The van der Waals surface area contributed by atoms with E-state index in [1.807, 2.05) is 48.7 Å². The molecule has 2 atom stereocenters. The topological polar surface area (TPSA) is 46.4 Å². The zero-order valence-electron chi connectivity index (χ0n) is 16.9. The van der Waals surface area contributed by atoms with Crippen LogP contribution in [0.2, 0.25) is 0 Å². The highest BCUT2D eigenvalue weighted by molar-refractivity contribution is 5.99. The van der Waals surface area contributed by atoms with Crippen LogP contribution in [-0.2, 0) is 11.3 Å². The third kappa shape index (κ3) is 4.12. The number of halogens is 1. The van der Waals surface area contributed by atoms with E-state index in [0.717, 1.165) is 28.5 Å². The third-order valence-corrected chi connectivity index (χ3v) is 5.82. The molecular weight excluding hydrogens is 389 g/mol. The molecule has 1 amide bonds. The van der Waals surface area contributed by atoms with Gasteiger partial charge in [0.25, 0.3) is 0 Å². The number of rotatable bonds is 6. The number of fused-ring (bicyclic) bond motifs is 1. The van der Waals surface area contributed by atoms with Gasteiger partial charge in [-0.3, -0.25) is 4.79 Å². The summed E-state index contributed by atoms with van der Waals surface area (Å²) in [4.78, 5) is 12.5. The Labute approximate surface area is 180 Å². The molecule has 3 aromatic carbocycles. The van der Waals surface area contributed by atoms with E-state index in [4.69, 9.17) is 0 Å². The minimum absolute atomic E-state index is 0.0145. The van der Waals surface area contributed by atoms with Gasteiger partial charge >= 0.3 is 0 Å². The summed E-state index contributed by atoms with van der Waals surface area (Å²) in [6, 6.07) is 24.7. The van der Waals surface area contributed by atoms with Crippen molar-refractivity contribution in [2.24, 2.45) is 11.0 Å². The maximum Gasteiger partial charge on any atom is 0.243 e.